The Balaban J connectivity index is 1.64. The van der Waals surface area contributed by atoms with Crippen LogP contribution in [0.5, 0.6) is 5.75 Å². The lowest BCUT2D eigenvalue weighted by molar-refractivity contribution is 0.282. The van der Waals surface area contributed by atoms with E-state index in [-0.39, 0.29) is 12.6 Å². The maximum absolute atomic E-state index is 9.24. The minimum atomic E-state index is 0.00966. The van der Waals surface area contributed by atoms with Gasteiger partial charge in [-0.15, -0.1) is 0 Å². The van der Waals surface area contributed by atoms with E-state index in [9.17, 15) is 5.11 Å². The molecular weight excluding hydrogens is 392 g/mol. The molecule has 8 nitrogen and oxygen atoms in total. The van der Waals surface area contributed by atoms with Crippen molar-refractivity contribution >= 4 is 28.6 Å². The van der Waals surface area contributed by atoms with E-state index >= 15 is 0 Å². The third-order valence-corrected chi connectivity index (χ3v) is 4.99. The van der Waals surface area contributed by atoms with Gasteiger partial charge in [0.15, 0.2) is 17.0 Å². The average Bonchev–Trinajstić information content (AvgIpc) is 3.23. The Bertz CT molecular complexity index is 1150. The van der Waals surface area contributed by atoms with Gasteiger partial charge in [-0.25, -0.2) is 4.98 Å². The van der Waals surface area contributed by atoms with Crippen molar-refractivity contribution in [1.29, 1.82) is 0 Å². The van der Waals surface area contributed by atoms with Gasteiger partial charge in [-0.05, 0) is 49.2 Å². The van der Waals surface area contributed by atoms with Crippen molar-refractivity contribution in [3.05, 3.63) is 66.0 Å². The highest BCUT2D eigenvalue weighted by Crippen LogP contribution is 2.25. The fourth-order valence-corrected chi connectivity index (χ4v) is 3.23. The lowest BCUT2D eigenvalue weighted by atomic mass is 10.2. The molecule has 0 radical (unpaired) electrons. The standard InChI is InChI=1S/C23H26N6O2/c1-15(2)29-14-25-20-21(24-12-16-6-10-19(31-3)11-7-16)27-23(28-22(20)29)26-18-8-4-17(13-30)5-9-18/h4-11,14-15,30H,12-13H2,1-3H3,(H2,24,26,27,28). The molecule has 0 fully saturated rings. The summed E-state index contributed by atoms with van der Waals surface area (Å²) in [5, 5.41) is 15.9. The van der Waals surface area contributed by atoms with E-state index in [0.29, 0.717) is 18.3 Å². The van der Waals surface area contributed by atoms with Crippen LogP contribution in [-0.2, 0) is 13.2 Å². The maximum atomic E-state index is 9.24. The van der Waals surface area contributed by atoms with Gasteiger partial charge < -0.3 is 25.0 Å². The Kier molecular flexibility index (Phi) is 5.99. The first-order chi connectivity index (χ1) is 15.1. The number of methoxy groups -OCH3 is 1. The second kappa shape index (κ2) is 9.01. The van der Waals surface area contributed by atoms with Crippen LogP contribution in [0.25, 0.3) is 11.2 Å². The highest BCUT2D eigenvalue weighted by atomic mass is 16.5. The Morgan fingerprint density at radius 1 is 1.00 bits per heavy atom. The van der Waals surface area contributed by atoms with E-state index in [1.807, 2.05) is 53.1 Å². The monoisotopic (exact) mass is 418 g/mol. The number of fused-ring (bicyclic) bond motifs is 1. The van der Waals surface area contributed by atoms with Gasteiger partial charge in [-0.1, -0.05) is 24.3 Å². The third kappa shape index (κ3) is 4.59. The van der Waals surface area contributed by atoms with E-state index in [2.05, 4.69) is 34.4 Å². The Hall–Kier alpha value is -3.65. The summed E-state index contributed by atoms with van der Waals surface area (Å²) in [4.78, 5) is 13.9. The lowest BCUT2D eigenvalue weighted by Gasteiger charge is -2.12. The summed E-state index contributed by atoms with van der Waals surface area (Å²) in [6, 6.07) is 15.6. The SMILES string of the molecule is COc1ccc(CNc2nc(Nc3ccc(CO)cc3)nc3c2ncn3C(C)C)cc1. The molecule has 0 aliphatic heterocycles. The Morgan fingerprint density at radius 2 is 1.71 bits per heavy atom. The van der Waals surface area contributed by atoms with Crippen LogP contribution < -0.4 is 15.4 Å². The van der Waals surface area contributed by atoms with Crippen LogP contribution >= 0.6 is 0 Å². The zero-order valence-electron chi connectivity index (χ0n) is 17.8. The minimum absolute atomic E-state index is 0.00966. The van der Waals surface area contributed by atoms with Crippen LogP contribution in [0.3, 0.4) is 0 Å². The number of imidazole rings is 1. The molecule has 160 valence electrons. The van der Waals surface area contributed by atoms with Crippen molar-refractivity contribution in [3.63, 3.8) is 0 Å². The molecular formula is C23H26N6O2. The second-order valence-electron chi connectivity index (χ2n) is 7.50. The molecule has 3 N–H and O–H groups in total. The number of hydrogen-bond acceptors (Lipinski definition) is 7. The van der Waals surface area contributed by atoms with E-state index in [4.69, 9.17) is 9.72 Å². The van der Waals surface area contributed by atoms with Crippen molar-refractivity contribution in [3.8, 4) is 5.75 Å². The molecule has 31 heavy (non-hydrogen) atoms. The second-order valence-corrected chi connectivity index (χ2v) is 7.50. The summed E-state index contributed by atoms with van der Waals surface area (Å²) in [5.74, 6) is 1.96. The molecule has 8 heteroatoms. The molecule has 2 aromatic carbocycles. The van der Waals surface area contributed by atoms with Gasteiger partial charge in [0, 0.05) is 18.3 Å². The number of ether oxygens (including phenoxy) is 1. The molecule has 2 heterocycles. The van der Waals surface area contributed by atoms with Crippen LogP contribution in [0, 0.1) is 0 Å². The molecule has 0 saturated carbocycles. The molecule has 0 bridgehead atoms. The van der Waals surface area contributed by atoms with Gasteiger partial charge in [0.05, 0.1) is 20.0 Å². The first kappa shape index (κ1) is 20.6. The zero-order chi connectivity index (χ0) is 21.8. The smallest absolute Gasteiger partial charge is 0.231 e. The number of nitrogens with zero attached hydrogens (tertiary/aromatic N) is 4. The largest absolute Gasteiger partial charge is 0.497 e. The molecule has 2 aromatic heterocycles. The first-order valence-corrected chi connectivity index (χ1v) is 10.2. The van der Waals surface area contributed by atoms with Crippen molar-refractivity contribution in [2.45, 2.75) is 33.0 Å². The van der Waals surface area contributed by atoms with Crippen LogP contribution in [0.1, 0.15) is 31.0 Å². The predicted octanol–water partition coefficient (Wildman–Crippen LogP) is 4.26. The zero-order valence-corrected chi connectivity index (χ0v) is 17.8. The highest BCUT2D eigenvalue weighted by molar-refractivity contribution is 5.84. The molecule has 0 aliphatic rings. The van der Waals surface area contributed by atoms with Crippen LogP contribution in [-0.4, -0.2) is 31.7 Å². The van der Waals surface area contributed by atoms with E-state index < -0.39 is 0 Å². The fraction of sp³-hybridized carbons (Fsp3) is 0.261. The molecule has 0 unspecified atom stereocenters. The summed E-state index contributed by atoms with van der Waals surface area (Å²) in [6.07, 6.45) is 1.79. The third-order valence-electron chi connectivity index (χ3n) is 4.99. The summed E-state index contributed by atoms with van der Waals surface area (Å²) >= 11 is 0. The van der Waals surface area contributed by atoms with Crippen LogP contribution in [0.4, 0.5) is 17.5 Å². The Labute approximate surface area is 181 Å². The number of aliphatic hydroxyl groups excluding tert-OH is 1. The van der Waals surface area contributed by atoms with Crippen molar-refractivity contribution < 1.29 is 9.84 Å². The van der Waals surface area contributed by atoms with Crippen molar-refractivity contribution in [1.82, 2.24) is 19.5 Å². The summed E-state index contributed by atoms with van der Waals surface area (Å²) in [6.45, 7) is 4.79. The van der Waals surface area contributed by atoms with Crippen LogP contribution in [0.2, 0.25) is 0 Å². The summed E-state index contributed by atoms with van der Waals surface area (Å²) in [7, 11) is 1.65. The van der Waals surface area contributed by atoms with E-state index in [0.717, 1.165) is 33.7 Å². The van der Waals surface area contributed by atoms with Gasteiger partial charge in [-0.3, -0.25) is 0 Å². The topological polar surface area (TPSA) is 97.1 Å². The normalized spacial score (nSPS) is 11.1. The van der Waals surface area contributed by atoms with E-state index in [1.54, 1.807) is 13.4 Å². The molecule has 0 spiro atoms. The molecule has 0 aliphatic carbocycles. The minimum Gasteiger partial charge on any atom is -0.497 e. The lowest BCUT2D eigenvalue weighted by Crippen LogP contribution is -2.07. The van der Waals surface area contributed by atoms with Crippen molar-refractivity contribution in [2.24, 2.45) is 0 Å². The molecule has 0 amide bonds. The summed E-state index contributed by atoms with van der Waals surface area (Å²) in [5.41, 5.74) is 4.28. The number of aromatic nitrogens is 4. The highest BCUT2D eigenvalue weighted by Gasteiger charge is 2.15. The number of nitrogens with one attached hydrogen (secondary N) is 2. The summed E-state index contributed by atoms with van der Waals surface area (Å²) < 4.78 is 7.25. The number of hydrogen-bond donors (Lipinski definition) is 3. The van der Waals surface area contributed by atoms with Gasteiger partial charge in [-0.2, -0.15) is 9.97 Å². The number of anilines is 3. The molecule has 4 aromatic rings. The molecule has 0 atom stereocenters. The van der Waals surface area contributed by atoms with Gasteiger partial charge in [0.1, 0.15) is 5.75 Å². The van der Waals surface area contributed by atoms with E-state index in [1.165, 1.54) is 0 Å². The first-order valence-electron chi connectivity index (χ1n) is 10.2. The number of aliphatic hydroxyl groups is 1. The molecule has 0 saturated heterocycles. The Morgan fingerprint density at radius 3 is 2.35 bits per heavy atom. The molecule has 4 rings (SSSR count). The van der Waals surface area contributed by atoms with Gasteiger partial charge >= 0.3 is 0 Å². The number of benzene rings is 2. The average molecular weight is 419 g/mol. The number of rotatable bonds is 8. The fourth-order valence-electron chi connectivity index (χ4n) is 3.23. The quantitative estimate of drug-likeness (QED) is 0.393. The van der Waals surface area contributed by atoms with Gasteiger partial charge in [0.2, 0.25) is 5.95 Å². The van der Waals surface area contributed by atoms with Gasteiger partial charge in [0.25, 0.3) is 0 Å². The van der Waals surface area contributed by atoms with Crippen molar-refractivity contribution in [2.75, 3.05) is 17.7 Å². The maximum Gasteiger partial charge on any atom is 0.231 e. The van der Waals surface area contributed by atoms with Crippen LogP contribution in [0.15, 0.2) is 54.9 Å². The predicted molar refractivity (Wildman–Crippen MR) is 122 cm³/mol.